The Morgan fingerprint density at radius 3 is 2.91 bits per heavy atom. The van der Waals surface area contributed by atoms with Crippen LogP contribution in [0.4, 0.5) is 0 Å². The van der Waals surface area contributed by atoms with Crippen LogP contribution in [-0.2, 0) is 16.1 Å². The molecule has 172 valence electrons. The molecule has 3 rings (SSSR count). The molecule has 1 atom stereocenters. The number of aryl methyl sites for hydroxylation is 1. The van der Waals surface area contributed by atoms with Gasteiger partial charge in [0.05, 0.1) is 18.7 Å². The summed E-state index contributed by atoms with van der Waals surface area (Å²) in [5.74, 6) is -0.0993. The van der Waals surface area contributed by atoms with Crippen LogP contribution in [0.5, 0.6) is 5.75 Å². The van der Waals surface area contributed by atoms with E-state index in [2.05, 4.69) is 26.1 Å². The fourth-order valence-electron chi connectivity index (χ4n) is 3.19. The van der Waals surface area contributed by atoms with Gasteiger partial charge in [0.25, 0.3) is 5.91 Å². The van der Waals surface area contributed by atoms with Gasteiger partial charge in [-0.25, -0.2) is 0 Å². The van der Waals surface area contributed by atoms with Gasteiger partial charge in [-0.2, -0.15) is 4.98 Å². The van der Waals surface area contributed by atoms with Gasteiger partial charge in [-0.15, -0.1) is 0 Å². The highest BCUT2D eigenvalue weighted by Gasteiger charge is 2.24. The highest BCUT2D eigenvalue weighted by Crippen LogP contribution is 2.23. The Morgan fingerprint density at radius 2 is 2.12 bits per heavy atom. The first-order valence-corrected chi connectivity index (χ1v) is 10.9. The van der Waals surface area contributed by atoms with Crippen molar-refractivity contribution in [1.82, 2.24) is 26.1 Å². The Labute approximate surface area is 190 Å². The molecular weight excluding hydrogens is 438 g/mol. The first-order valence-electron chi connectivity index (χ1n) is 10.5. The van der Waals surface area contributed by atoms with Crippen molar-refractivity contribution in [1.29, 1.82) is 0 Å². The number of hydrogen-bond acceptors (Lipinski definition) is 7. The number of carbonyl (C=O) groups is 3. The predicted octanol–water partition coefficient (Wildman–Crippen LogP) is 1.91. The van der Waals surface area contributed by atoms with Gasteiger partial charge < -0.3 is 25.2 Å². The molecule has 0 fully saturated rings. The summed E-state index contributed by atoms with van der Waals surface area (Å²) >= 11 is 6.08. The van der Waals surface area contributed by atoms with Crippen LogP contribution in [0.1, 0.15) is 54.2 Å². The zero-order chi connectivity index (χ0) is 22.9. The second-order valence-electron chi connectivity index (χ2n) is 7.41. The van der Waals surface area contributed by atoms with E-state index in [1.54, 1.807) is 19.1 Å². The number of nitrogens with one attached hydrogen (secondary N) is 3. The third-order valence-electron chi connectivity index (χ3n) is 4.86. The minimum Gasteiger partial charge on any atom is -0.493 e. The number of ether oxygens (including phenoxy) is 1. The van der Waals surface area contributed by atoms with E-state index in [1.165, 1.54) is 6.07 Å². The lowest BCUT2D eigenvalue weighted by Gasteiger charge is -2.19. The van der Waals surface area contributed by atoms with Crippen molar-refractivity contribution in [2.45, 2.75) is 51.6 Å². The number of nitrogens with zero attached hydrogens (tertiary/aromatic N) is 2. The lowest BCUT2D eigenvalue weighted by atomic mass is 10.1. The summed E-state index contributed by atoms with van der Waals surface area (Å²) in [7, 11) is 0. The Morgan fingerprint density at radius 1 is 1.28 bits per heavy atom. The molecule has 1 aromatic heterocycles. The third-order valence-corrected chi connectivity index (χ3v) is 5.09. The monoisotopic (exact) mass is 463 g/mol. The van der Waals surface area contributed by atoms with Crippen molar-refractivity contribution in [3.05, 3.63) is 40.5 Å². The van der Waals surface area contributed by atoms with Crippen LogP contribution in [0.2, 0.25) is 5.02 Å². The van der Waals surface area contributed by atoms with E-state index < -0.39 is 17.9 Å². The van der Waals surface area contributed by atoms with Gasteiger partial charge in [0.15, 0.2) is 5.82 Å². The minimum absolute atomic E-state index is 0.0280. The lowest BCUT2D eigenvalue weighted by Crippen LogP contribution is -2.47. The lowest BCUT2D eigenvalue weighted by molar-refractivity contribution is -0.124. The second kappa shape index (κ2) is 11.5. The number of amides is 3. The summed E-state index contributed by atoms with van der Waals surface area (Å²) < 4.78 is 10.7. The quantitative estimate of drug-likeness (QED) is 0.632. The summed E-state index contributed by atoms with van der Waals surface area (Å²) in [6.07, 6.45) is 2.66. The van der Waals surface area contributed by atoms with E-state index in [9.17, 15) is 14.4 Å². The summed E-state index contributed by atoms with van der Waals surface area (Å²) in [5, 5.41) is 12.3. The Balaban J connectivity index is 1.77. The fraction of sp³-hybridized carbons (Fsp3) is 0.476. The first kappa shape index (κ1) is 23.5. The number of carbonyl (C=O) groups excluding carboxylic acids is 3. The van der Waals surface area contributed by atoms with Gasteiger partial charge in [-0.05, 0) is 43.9 Å². The van der Waals surface area contributed by atoms with Crippen molar-refractivity contribution in [2.75, 3.05) is 13.2 Å². The van der Waals surface area contributed by atoms with Crippen LogP contribution < -0.4 is 20.7 Å². The molecule has 1 aromatic carbocycles. The second-order valence-corrected chi connectivity index (χ2v) is 7.85. The molecule has 0 saturated carbocycles. The maximum atomic E-state index is 13.0. The van der Waals surface area contributed by atoms with E-state index in [4.69, 9.17) is 20.9 Å². The fourth-order valence-corrected chi connectivity index (χ4v) is 3.36. The number of halogens is 1. The van der Waals surface area contributed by atoms with Crippen molar-refractivity contribution in [2.24, 2.45) is 0 Å². The number of aromatic nitrogens is 2. The normalized spacial score (nSPS) is 18.2. The average molecular weight is 464 g/mol. The summed E-state index contributed by atoms with van der Waals surface area (Å²) in [6, 6.07) is 3.81. The molecule has 10 nitrogen and oxygen atoms in total. The molecule has 0 bridgehead atoms. The van der Waals surface area contributed by atoms with Crippen LogP contribution >= 0.6 is 11.6 Å². The number of fused-ring (bicyclic) bond motifs is 1. The van der Waals surface area contributed by atoms with Crippen molar-refractivity contribution < 1.29 is 23.6 Å². The topological polar surface area (TPSA) is 135 Å². The molecular formula is C21H26ClN5O5. The molecule has 1 aliphatic heterocycles. The maximum Gasteiger partial charge on any atom is 0.255 e. The Kier molecular flexibility index (Phi) is 8.43. The molecule has 0 aliphatic carbocycles. The molecule has 0 saturated heterocycles. The average Bonchev–Trinajstić information content (AvgIpc) is 3.19. The summed E-state index contributed by atoms with van der Waals surface area (Å²) in [4.78, 5) is 42.0. The number of benzene rings is 1. The molecule has 32 heavy (non-hydrogen) atoms. The molecule has 0 radical (unpaired) electrons. The number of rotatable bonds is 3. The van der Waals surface area contributed by atoms with Gasteiger partial charge in [-0.3, -0.25) is 14.4 Å². The summed E-state index contributed by atoms with van der Waals surface area (Å²) in [6.45, 7) is 2.64. The molecule has 2 heterocycles. The van der Waals surface area contributed by atoms with Crippen molar-refractivity contribution >= 4 is 29.3 Å². The van der Waals surface area contributed by atoms with E-state index in [0.29, 0.717) is 35.6 Å². The van der Waals surface area contributed by atoms with Gasteiger partial charge in [0.2, 0.25) is 17.7 Å². The SMILES string of the molecule is Cc1nc(CNC(=O)[C@@H]2CCC(=O)NCCCCCOc3ccc(Cl)cc3C(=O)N2)no1. The van der Waals surface area contributed by atoms with Gasteiger partial charge in [-0.1, -0.05) is 16.8 Å². The zero-order valence-corrected chi connectivity index (χ0v) is 18.5. The molecule has 1 aliphatic rings. The highest BCUT2D eigenvalue weighted by molar-refractivity contribution is 6.31. The molecule has 11 heteroatoms. The van der Waals surface area contributed by atoms with Gasteiger partial charge in [0, 0.05) is 24.9 Å². The van der Waals surface area contributed by atoms with Crippen molar-refractivity contribution in [3.63, 3.8) is 0 Å². The van der Waals surface area contributed by atoms with E-state index >= 15 is 0 Å². The van der Waals surface area contributed by atoms with Crippen LogP contribution in [0.3, 0.4) is 0 Å². The molecule has 0 spiro atoms. The minimum atomic E-state index is -0.960. The predicted molar refractivity (Wildman–Crippen MR) is 115 cm³/mol. The van der Waals surface area contributed by atoms with E-state index in [0.717, 1.165) is 19.3 Å². The Bertz CT molecular complexity index is 964. The Hall–Kier alpha value is -3.14. The van der Waals surface area contributed by atoms with Crippen molar-refractivity contribution in [3.8, 4) is 5.75 Å². The maximum absolute atomic E-state index is 13.0. The van der Waals surface area contributed by atoms with Gasteiger partial charge in [0.1, 0.15) is 11.8 Å². The molecule has 0 unspecified atom stereocenters. The first-order chi connectivity index (χ1) is 15.4. The van der Waals surface area contributed by atoms with Gasteiger partial charge >= 0.3 is 0 Å². The molecule has 3 N–H and O–H groups in total. The molecule has 2 aromatic rings. The van der Waals surface area contributed by atoms with E-state index in [-0.39, 0.29) is 30.9 Å². The van der Waals surface area contributed by atoms with Crippen LogP contribution in [0.15, 0.2) is 22.7 Å². The zero-order valence-electron chi connectivity index (χ0n) is 17.8. The van der Waals surface area contributed by atoms with Crippen LogP contribution in [-0.4, -0.2) is 47.1 Å². The number of hydrogen-bond donors (Lipinski definition) is 3. The summed E-state index contributed by atoms with van der Waals surface area (Å²) in [5.41, 5.74) is 0.225. The highest BCUT2D eigenvalue weighted by atomic mass is 35.5. The largest absolute Gasteiger partial charge is 0.493 e. The smallest absolute Gasteiger partial charge is 0.255 e. The van der Waals surface area contributed by atoms with E-state index in [1.807, 2.05) is 0 Å². The standard InChI is InChI=1S/C21H26ClN5O5/c1-13-25-18(27-32-13)12-24-21(30)16-6-8-19(28)23-9-3-2-4-10-31-17-7-5-14(22)11-15(17)20(29)26-16/h5,7,11,16H,2-4,6,8-10,12H2,1H3,(H,23,28)(H,24,30)(H,26,29)/t16-/m0/s1. The molecule has 3 amide bonds. The third kappa shape index (κ3) is 6.94. The van der Waals surface area contributed by atoms with Crippen LogP contribution in [0.25, 0.3) is 0 Å². The van der Waals surface area contributed by atoms with Crippen LogP contribution in [0, 0.1) is 6.92 Å².